The second-order valence-electron chi connectivity index (χ2n) is 4.51. The van der Waals surface area contributed by atoms with E-state index in [2.05, 4.69) is 15.9 Å². The number of hydrogen-bond donors (Lipinski definition) is 1. The number of allylic oxidation sites excluding steroid dienone is 1. The Morgan fingerprint density at radius 1 is 1.55 bits per heavy atom. The van der Waals surface area contributed by atoms with Gasteiger partial charge in [0, 0.05) is 10.0 Å². The van der Waals surface area contributed by atoms with Crippen LogP contribution in [0.25, 0.3) is 0 Å². The van der Waals surface area contributed by atoms with E-state index in [0.29, 0.717) is 11.3 Å². The summed E-state index contributed by atoms with van der Waals surface area (Å²) in [5, 5.41) is 18.7. The maximum absolute atomic E-state index is 12.1. The van der Waals surface area contributed by atoms with E-state index in [4.69, 9.17) is 15.2 Å². The number of halogens is 1. The maximum atomic E-state index is 12.1. The van der Waals surface area contributed by atoms with Crippen LogP contribution >= 0.6 is 15.9 Å². The van der Waals surface area contributed by atoms with E-state index < -0.39 is 17.8 Å². The SMILES string of the molecule is CCOC(=O)C(C#N)C1C(C#N)=C(N)Oc2ccc(Br)cc21. The summed E-state index contributed by atoms with van der Waals surface area (Å²) in [7, 11) is 0. The average Bonchev–Trinajstić information content (AvgIpc) is 2.49. The third kappa shape index (κ3) is 2.76. The van der Waals surface area contributed by atoms with Gasteiger partial charge in [-0.15, -0.1) is 0 Å². The number of rotatable bonds is 3. The largest absolute Gasteiger partial charge is 0.465 e. The predicted octanol–water partition coefficient (Wildman–Crippen LogP) is 2.32. The summed E-state index contributed by atoms with van der Waals surface area (Å²) in [5.41, 5.74) is 6.35. The molecule has 0 fully saturated rings. The number of carbonyl (C=O) groups is 1. The lowest BCUT2D eigenvalue weighted by molar-refractivity contribution is -0.146. The maximum Gasteiger partial charge on any atom is 0.324 e. The molecule has 0 aromatic heterocycles. The van der Waals surface area contributed by atoms with E-state index in [-0.39, 0.29) is 18.1 Å². The molecule has 1 aromatic rings. The normalized spacial score (nSPS) is 17.5. The average molecular weight is 362 g/mol. The van der Waals surface area contributed by atoms with Crippen molar-refractivity contribution in [3.63, 3.8) is 0 Å². The first kappa shape index (κ1) is 15.9. The topological polar surface area (TPSA) is 109 Å². The van der Waals surface area contributed by atoms with Crippen molar-refractivity contribution in [2.45, 2.75) is 12.8 Å². The van der Waals surface area contributed by atoms with Gasteiger partial charge in [0.1, 0.15) is 11.8 Å². The molecule has 2 atom stereocenters. The van der Waals surface area contributed by atoms with Gasteiger partial charge in [0.15, 0.2) is 5.92 Å². The molecular weight excluding hydrogens is 350 g/mol. The summed E-state index contributed by atoms with van der Waals surface area (Å²) in [6.45, 7) is 1.79. The van der Waals surface area contributed by atoms with Crippen LogP contribution in [0, 0.1) is 28.6 Å². The lowest BCUT2D eigenvalue weighted by Gasteiger charge is -2.28. The van der Waals surface area contributed by atoms with Gasteiger partial charge in [-0.3, -0.25) is 4.79 Å². The van der Waals surface area contributed by atoms with Crippen molar-refractivity contribution in [3.05, 3.63) is 39.7 Å². The molecule has 112 valence electrons. The molecule has 0 saturated carbocycles. The monoisotopic (exact) mass is 361 g/mol. The fourth-order valence-corrected chi connectivity index (χ4v) is 2.68. The molecule has 22 heavy (non-hydrogen) atoms. The Hall–Kier alpha value is -2.51. The molecule has 1 aliphatic heterocycles. The molecule has 1 heterocycles. The highest BCUT2D eigenvalue weighted by Gasteiger charge is 2.40. The van der Waals surface area contributed by atoms with E-state index in [0.717, 1.165) is 4.47 Å². The highest BCUT2D eigenvalue weighted by atomic mass is 79.9. The molecule has 0 radical (unpaired) electrons. The molecular formula is C15H12BrN3O3. The molecule has 0 aliphatic carbocycles. The van der Waals surface area contributed by atoms with Crippen LogP contribution in [0.15, 0.2) is 34.1 Å². The molecule has 0 saturated heterocycles. The van der Waals surface area contributed by atoms with Gasteiger partial charge in [-0.25, -0.2) is 0 Å². The van der Waals surface area contributed by atoms with Crippen LogP contribution < -0.4 is 10.5 Å². The van der Waals surface area contributed by atoms with Crippen LogP contribution in [0.2, 0.25) is 0 Å². The zero-order valence-corrected chi connectivity index (χ0v) is 13.3. The Kier molecular flexibility index (Phi) is 4.69. The second kappa shape index (κ2) is 6.50. The number of fused-ring (bicyclic) bond motifs is 1. The Balaban J connectivity index is 2.60. The zero-order valence-electron chi connectivity index (χ0n) is 11.7. The van der Waals surface area contributed by atoms with E-state index in [9.17, 15) is 15.3 Å². The van der Waals surface area contributed by atoms with Crippen molar-refractivity contribution < 1.29 is 14.3 Å². The van der Waals surface area contributed by atoms with Crippen LogP contribution in [0.4, 0.5) is 0 Å². The lowest BCUT2D eigenvalue weighted by atomic mass is 9.80. The third-order valence-electron chi connectivity index (χ3n) is 3.24. The van der Waals surface area contributed by atoms with E-state index in [1.54, 1.807) is 25.1 Å². The summed E-state index contributed by atoms with van der Waals surface area (Å²) in [6, 6.07) is 8.95. The van der Waals surface area contributed by atoms with E-state index in [1.165, 1.54) is 0 Å². The Labute approximate surface area is 135 Å². The van der Waals surface area contributed by atoms with Crippen LogP contribution in [-0.4, -0.2) is 12.6 Å². The van der Waals surface area contributed by atoms with Gasteiger partial charge in [-0.2, -0.15) is 10.5 Å². The first-order chi connectivity index (χ1) is 10.5. The Morgan fingerprint density at radius 3 is 2.86 bits per heavy atom. The van der Waals surface area contributed by atoms with Crippen LogP contribution in [0.5, 0.6) is 5.75 Å². The van der Waals surface area contributed by atoms with Crippen LogP contribution in [-0.2, 0) is 9.53 Å². The molecule has 2 N–H and O–H groups in total. The Bertz CT molecular complexity index is 731. The molecule has 6 nitrogen and oxygen atoms in total. The summed E-state index contributed by atoms with van der Waals surface area (Å²) in [5.74, 6) is -2.38. The van der Waals surface area contributed by atoms with Crippen molar-refractivity contribution in [2.75, 3.05) is 6.61 Å². The van der Waals surface area contributed by atoms with E-state index >= 15 is 0 Å². The van der Waals surface area contributed by atoms with Gasteiger partial charge in [-0.1, -0.05) is 15.9 Å². The number of benzene rings is 1. The van der Waals surface area contributed by atoms with Crippen LogP contribution in [0.1, 0.15) is 18.4 Å². The minimum Gasteiger partial charge on any atom is -0.465 e. The molecule has 0 spiro atoms. The second-order valence-corrected chi connectivity index (χ2v) is 5.43. The van der Waals surface area contributed by atoms with Gasteiger partial charge in [0.2, 0.25) is 5.88 Å². The zero-order chi connectivity index (χ0) is 16.3. The van der Waals surface area contributed by atoms with Crippen molar-refractivity contribution in [1.29, 1.82) is 10.5 Å². The number of ether oxygens (including phenoxy) is 2. The number of nitrogens with zero attached hydrogens (tertiary/aromatic N) is 2. The smallest absolute Gasteiger partial charge is 0.324 e. The fourth-order valence-electron chi connectivity index (χ4n) is 2.30. The van der Waals surface area contributed by atoms with Crippen molar-refractivity contribution in [2.24, 2.45) is 11.7 Å². The van der Waals surface area contributed by atoms with Gasteiger partial charge in [0.25, 0.3) is 0 Å². The first-order valence-electron chi connectivity index (χ1n) is 6.46. The number of carbonyl (C=O) groups excluding carboxylic acids is 1. The number of nitrogens with two attached hydrogens (primary N) is 1. The Morgan fingerprint density at radius 2 is 2.27 bits per heavy atom. The summed E-state index contributed by atoms with van der Waals surface area (Å²) in [4.78, 5) is 12.1. The number of hydrogen-bond acceptors (Lipinski definition) is 6. The lowest BCUT2D eigenvalue weighted by Crippen LogP contribution is -2.29. The molecule has 2 rings (SSSR count). The molecule has 1 aromatic carbocycles. The third-order valence-corrected chi connectivity index (χ3v) is 3.73. The summed E-state index contributed by atoms with van der Waals surface area (Å²) in [6.07, 6.45) is 0. The summed E-state index contributed by atoms with van der Waals surface area (Å²) >= 11 is 3.33. The van der Waals surface area contributed by atoms with Crippen LogP contribution in [0.3, 0.4) is 0 Å². The molecule has 0 bridgehead atoms. The number of esters is 1. The van der Waals surface area contributed by atoms with Gasteiger partial charge < -0.3 is 15.2 Å². The molecule has 1 aliphatic rings. The van der Waals surface area contributed by atoms with Gasteiger partial charge in [-0.05, 0) is 25.1 Å². The highest BCUT2D eigenvalue weighted by Crippen LogP contribution is 2.43. The molecule has 2 unspecified atom stereocenters. The predicted molar refractivity (Wildman–Crippen MR) is 80.1 cm³/mol. The molecule has 7 heteroatoms. The highest BCUT2D eigenvalue weighted by molar-refractivity contribution is 9.10. The first-order valence-corrected chi connectivity index (χ1v) is 7.26. The molecule has 0 amide bonds. The standard InChI is InChI=1S/C15H12BrN3O3/c1-2-21-15(20)11(7-18)13-9-5-8(16)3-4-12(9)22-14(19)10(13)6-17/h3-5,11,13H,2,19H2,1H3. The van der Waals surface area contributed by atoms with Crippen molar-refractivity contribution in [3.8, 4) is 17.9 Å². The minimum absolute atomic E-state index is 0.0465. The van der Waals surface area contributed by atoms with Crippen molar-refractivity contribution >= 4 is 21.9 Å². The fraction of sp³-hybridized carbons (Fsp3) is 0.267. The summed E-state index contributed by atoms with van der Waals surface area (Å²) < 4.78 is 11.1. The van der Waals surface area contributed by atoms with E-state index in [1.807, 2.05) is 12.1 Å². The quantitative estimate of drug-likeness (QED) is 0.827. The van der Waals surface area contributed by atoms with Crippen molar-refractivity contribution in [1.82, 2.24) is 0 Å². The minimum atomic E-state index is -1.18. The number of nitriles is 2. The van der Waals surface area contributed by atoms with Gasteiger partial charge >= 0.3 is 5.97 Å². The van der Waals surface area contributed by atoms with Gasteiger partial charge in [0.05, 0.1) is 24.2 Å².